The molecule has 0 radical (unpaired) electrons. The minimum absolute atomic E-state index is 0.0932. The summed E-state index contributed by atoms with van der Waals surface area (Å²) in [6.45, 7) is 9.81. The van der Waals surface area contributed by atoms with Crippen molar-refractivity contribution < 1.29 is 14.3 Å². The number of amides is 3. The topological polar surface area (TPSA) is 86.3 Å². The number of nitrogens with one attached hydrogen (secondary N) is 2. The number of hydrogen-bond acceptors (Lipinski definition) is 5. The van der Waals surface area contributed by atoms with Gasteiger partial charge in [0.2, 0.25) is 6.17 Å². The number of benzodiazepines with no additional fused rings is 1. The minimum atomic E-state index is -0.996. The van der Waals surface area contributed by atoms with E-state index >= 15 is 0 Å². The zero-order chi connectivity index (χ0) is 24.1. The summed E-state index contributed by atoms with van der Waals surface area (Å²) in [7, 11) is 0. The highest BCUT2D eigenvalue weighted by Crippen LogP contribution is 2.28. The molecule has 0 aliphatic carbocycles. The Morgan fingerprint density at radius 2 is 1.82 bits per heavy atom. The van der Waals surface area contributed by atoms with E-state index in [1.165, 1.54) is 0 Å². The summed E-state index contributed by atoms with van der Waals surface area (Å²) < 4.78 is 5.40. The summed E-state index contributed by atoms with van der Waals surface area (Å²) in [6, 6.07) is 15.0. The Kier molecular flexibility index (Phi) is 7.47. The molecule has 3 amide bonds. The Balaban J connectivity index is 1.51. The molecule has 2 N–H and O–H groups in total. The number of carbonyl (C=O) groups is 2. The zero-order valence-corrected chi connectivity index (χ0v) is 20.1. The largest absolute Gasteiger partial charge is 0.378 e. The third-order valence-electron chi connectivity index (χ3n) is 6.00. The van der Waals surface area contributed by atoms with Crippen molar-refractivity contribution in [1.29, 1.82) is 0 Å². The number of benzene rings is 2. The van der Waals surface area contributed by atoms with E-state index in [0.717, 1.165) is 55.4 Å². The number of nitrogens with zero attached hydrogens (tertiary/aromatic N) is 3. The molecule has 2 heterocycles. The van der Waals surface area contributed by atoms with Crippen molar-refractivity contribution in [3.05, 3.63) is 54.1 Å². The lowest BCUT2D eigenvalue weighted by Gasteiger charge is -2.29. The van der Waals surface area contributed by atoms with Gasteiger partial charge in [0.25, 0.3) is 5.91 Å². The van der Waals surface area contributed by atoms with E-state index in [1.54, 1.807) is 4.90 Å². The molecule has 2 aromatic rings. The minimum Gasteiger partial charge on any atom is -0.378 e. The molecule has 2 aromatic carbocycles. The van der Waals surface area contributed by atoms with Crippen LogP contribution in [0.25, 0.3) is 0 Å². The third kappa shape index (κ3) is 5.22. The van der Waals surface area contributed by atoms with Gasteiger partial charge in [-0.25, -0.2) is 4.79 Å². The molecule has 0 spiro atoms. The molecule has 180 valence electrons. The Labute approximate surface area is 201 Å². The number of fused-ring (bicyclic) bond motifs is 1. The van der Waals surface area contributed by atoms with Crippen molar-refractivity contribution in [2.45, 2.75) is 33.4 Å². The van der Waals surface area contributed by atoms with Gasteiger partial charge in [0.1, 0.15) is 0 Å². The number of para-hydroxylation sites is 1. The highest BCUT2D eigenvalue weighted by atomic mass is 16.5. The molecular formula is C26H33N5O3. The molecule has 1 fully saturated rings. The summed E-state index contributed by atoms with van der Waals surface area (Å²) in [5.41, 5.74) is 4.32. The van der Waals surface area contributed by atoms with Crippen molar-refractivity contribution in [2.24, 2.45) is 10.9 Å². The van der Waals surface area contributed by atoms with E-state index in [-0.39, 0.29) is 11.8 Å². The van der Waals surface area contributed by atoms with E-state index in [9.17, 15) is 9.59 Å². The van der Waals surface area contributed by atoms with Crippen LogP contribution in [0.4, 0.5) is 21.9 Å². The van der Waals surface area contributed by atoms with Gasteiger partial charge in [-0.05, 0) is 42.7 Å². The van der Waals surface area contributed by atoms with Crippen molar-refractivity contribution in [3.63, 3.8) is 0 Å². The van der Waals surface area contributed by atoms with Crippen LogP contribution < -0.4 is 20.4 Å². The summed E-state index contributed by atoms with van der Waals surface area (Å²) in [5, 5.41) is 5.63. The fourth-order valence-electron chi connectivity index (χ4n) is 4.33. The van der Waals surface area contributed by atoms with Crippen molar-refractivity contribution in [2.75, 3.05) is 48.0 Å². The van der Waals surface area contributed by atoms with Crippen LogP contribution in [0, 0.1) is 5.92 Å². The number of morpholine rings is 1. The maximum Gasteiger partial charge on any atom is 0.321 e. The Morgan fingerprint density at radius 3 is 2.50 bits per heavy atom. The van der Waals surface area contributed by atoms with Crippen LogP contribution in [0.15, 0.2) is 53.5 Å². The molecule has 8 nitrogen and oxygen atoms in total. The summed E-state index contributed by atoms with van der Waals surface area (Å²) in [5.74, 6) is -0.140. The average Bonchev–Trinajstić information content (AvgIpc) is 2.96. The van der Waals surface area contributed by atoms with Gasteiger partial charge in [-0.1, -0.05) is 39.0 Å². The number of carbonyl (C=O) groups excluding carboxylic acids is 2. The number of aliphatic imine (C=N–C) groups is 1. The molecule has 0 saturated carbocycles. The lowest BCUT2D eigenvalue weighted by Crippen LogP contribution is -2.48. The van der Waals surface area contributed by atoms with Gasteiger partial charge in [-0.3, -0.25) is 9.79 Å². The summed E-state index contributed by atoms with van der Waals surface area (Å²) in [6.07, 6.45) is -0.199. The molecule has 1 saturated heterocycles. The smallest absolute Gasteiger partial charge is 0.321 e. The van der Waals surface area contributed by atoms with Gasteiger partial charge in [0.15, 0.2) is 0 Å². The molecule has 1 atom stereocenters. The quantitative estimate of drug-likeness (QED) is 0.681. The van der Waals surface area contributed by atoms with Crippen molar-refractivity contribution >= 4 is 34.7 Å². The zero-order valence-electron chi connectivity index (χ0n) is 20.1. The predicted octanol–water partition coefficient (Wildman–Crippen LogP) is 3.87. The Hall–Kier alpha value is -3.39. The normalized spacial score (nSPS) is 18.3. The first kappa shape index (κ1) is 23.8. The molecule has 1 unspecified atom stereocenters. The average molecular weight is 464 g/mol. The molecule has 2 aliphatic rings. The van der Waals surface area contributed by atoms with Gasteiger partial charge in [0.05, 0.1) is 18.9 Å². The molecule has 8 heteroatoms. The van der Waals surface area contributed by atoms with Gasteiger partial charge in [-0.15, -0.1) is 0 Å². The summed E-state index contributed by atoms with van der Waals surface area (Å²) in [4.78, 5) is 35.0. The standard InChI is InChI=1S/C26H33N5O3/c1-4-13-31-22-8-6-5-7-21(22)23(18(2)3)28-24(25(31)32)29-26(33)27-19-9-11-20(12-10-19)30-14-16-34-17-15-30/h5-12,18,24H,4,13-17H2,1-3H3,(H2,27,29,33). The monoisotopic (exact) mass is 463 g/mol. The van der Waals surface area contributed by atoms with Crippen LogP contribution in [0.1, 0.15) is 32.8 Å². The predicted molar refractivity (Wildman–Crippen MR) is 136 cm³/mol. The maximum absolute atomic E-state index is 13.4. The second kappa shape index (κ2) is 10.7. The number of anilines is 3. The van der Waals surface area contributed by atoms with Gasteiger partial charge >= 0.3 is 6.03 Å². The molecule has 4 rings (SSSR count). The fourth-order valence-corrected chi connectivity index (χ4v) is 4.33. The number of hydrogen-bond donors (Lipinski definition) is 2. The van der Waals surface area contributed by atoms with Crippen LogP contribution in [-0.4, -0.2) is 56.7 Å². The molecular weight excluding hydrogens is 430 g/mol. The third-order valence-corrected chi connectivity index (χ3v) is 6.00. The van der Waals surface area contributed by atoms with Crippen LogP contribution in [0.5, 0.6) is 0 Å². The number of ether oxygens (including phenoxy) is 1. The second-order valence-electron chi connectivity index (χ2n) is 8.82. The van der Waals surface area contributed by atoms with Gasteiger partial charge in [0, 0.05) is 42.3 Å². The number of urea groups is 1. The van der Waals surface area contributed by atoms with Gasteiger partial charge < -0.3 is 25.2 Å². The van der Waals surface area contributed by atoms with E-state index in [0.29, 0.717) is 12.2 Å². The molecule has 0 bridgehead atoms. The van der Waals surface area contributed by atoms with Crippen molar-refractivity contribution in [1.82, 2.24) is 5.32 Å². The van der Waals surface area contributed by atoms with Crippen LogP contribution in [-0.2, 0) is 9.53 Å². The molecule has 0 aromatic heterocycles. The Morgan fingerprint density at radius 1 is 1.12 bits per heavy atom. The van der Waals surface area contributed by atoms with Crippen molar-refractivity contribution in [3.8, 4) is 0 Å². The highest BCUT2D eigenvalue weighted by Gasteiger charge is 2.32. The lowest BCUT2D eigenvalue weighted by atomic mass is 9.98. The van der Waals surface area contributed by atoms with E-state index in [1.807, 2.05) is 69.3 Å². The first-order valence-corrected chi connectivity index (χ1v) is 12.0. The van der Waals surface area contributed by atoms with E-state index < -0.39 is 12.2 Å². The molecule has 34 heavy (non-hydrogen) atoms. The maximum atomic E-state index is 13.4. The van der Waals surface area contributed by atoms with Crippen LogP contribution >= 0.6 is 0 Å². The summed E-state index contributed by atoms with van der Waals surface area (Å²) >= 11 is 0. The van der Waals surface area contributed by atoms with E-state index in [4.69, 9.17) is 9.73 Å². The Bertz CT molecular complexity index is 1040. The highest BCUT2D eigenvalue weighted by molar-refractivity contribution is 6.14. The lowest BCUT2D eigenvalue weighted by molar-refractivity contribution is -0.120. The van der Waals surface area contributed by atoms with Crippen LogP contribution in [0.3, 0.4) is 0 Å². The van der Waals surface area contributed by atoms with Gasteiger partial charge in [-0.2, -0.15) is 0 Å². The fraction of sp³-hybridized carbons (Fsp3) is 0.423. The van der Waals surface area contributed by atoms with Crippen LogP contribution in [0.2, 0.25) is 0 Å². The second-order valence-corrected chi connectivity index (χ2v) is 8.82. The SMILES string of the molecule is CCCN1C(=O)C(NC(=O)Nc2ccc(N3CCOCC3)cc2)N=C(C(C)C)c2ccccc21. The number of rotatable bonds is 6. The first-order chi connectivity index (χ1) is 16.5. The molecule has 2 aliphatic heterocycles. The first-order valence-electron chi connectivity index (χ1n) is 12.0. The van der Waals surface area contributed by atoms with E-state index in [2.05, 4.69) is 15.5 Å².